The summed E-state index contributed by atoms with van der Waals surface area (Å²) in [5.41, 5.74) is 0. The molecular formula is C11H18BrN3OS. The topological polar surface area (TPSA) is 45.7 Å². The lowest BCUT2D eigenvalue weighted by molar-refractivity contribution is 0.195. The minimum atomic E-state index is 0.766. The second kappa shape index (κ2) is 8.49. The zero-order valence-electron chi connectivity index (χ0n) is 10.1. The first kappa shape index (κ1) is 14.5. The van der Waals surface area contributed by atoms with E-state index in [1.54, 1.807) is 25.5 Å². The van der Waals surface area contributed by atoms with Gasteiger partial charge in [-0.3, -0.25) is 4.99 Å². The predicted octanol–water partition coefficient (Wildman–Crippen LogP) is 2.21. The highest BCUT2D eigenvalue weighted by atomic mass is 79.9. The van der Waals surface area contributed by atoms with Crippen molar-refractivity contribution in [3.8, 4) is 0 Å². The van der Waals surface area contributed by atoms with Crippen molar-refractivity contribution in [3.05, 3.63) is 20.8 Å². The number of nitrogens with one attached hydrogen (secondary N) is 2. The van der Waals surface area contributed by atoms with Gasteiger partial charge in [0, 0.05) is 32.2 Å². The Labute approximate surface area is 115 Å². The van der Waals surface area contributed by atoms with E-state index >= 15 is 0 Å². The molecule has 1 heterocycles. The highest BCUT2D eigenvalue weighted by Gasteiger charge is 2.00. The van der Waals surface area contributed by atoms with Crippen LogP contribution in [0.1, 0.15) is 11.3 Å². The van der Waals surface area contributed by atoms with Crippen LogP contribution in [0.3, 0.4) is 0 Å². The molecule has 1 rings (SSSR count). The van der Waals surface area contributed by atoms with Gasteiger partial charge < -0.3 is 15.4 Å². The van der Waals surface area contributed by atoms with Crippen molar-refractivity contribution in [3.63, 3.8) is 0 Å². The molecular weight excluding hydrogens is 302 g/mol. The number of nitrogens with zero attached hydrogens (tertiary/aromatic N) is 1. The summed E-state index contributed by atoms with van der Waals surface area (Å²) in [4.78, 5) is 5.43. The van der Waals surface area contributed by atoms with E-state index in [0.29, 0.717) is 0 Å². The van der Waals surface area contributed by atoms with Crippen molar-refractivity contribution < 1.29 is 4.74 Å². The largest absolute Gasteiger partial charge is 0.385 e. The van der Waals surface area contributed by atoms with Gasteiger partial charge in [-0.25, -0.2) is 0 Å². The van der Waals surface area contributed by atoms with E-state index in [1.165, 1.54) is 4.88 Å². The zero-order chi connectivity index (χ0) is 12.5. The first-order valence-electron chi connectivity index (χ1n) is 5.44. The Morgan fingerprint density at radius 1 is 1.47 bits per heavy atom. The lowest BCUT2D eigenvalue weighted by atomic mass is 10.4. The van der Waals surface area contributed by atoms with Gasteiger partial charge in [0.15, 0.2) is 5.96 Å². The summed E-state index contributed by atoms with van der Waals surface area (Å²) in [5, 5.41) is 6.50. The summed E-state index contributed by atoms with van der Waals surface area (Å²) in [6, 6.07) is 4.15. The Bertz CT molecular complexity index is 354. The van der Waals surface area contributed by atoms with E-state index in [4.69, 9.17) is 4.74 Å². The molecule has 6 heteroatoms. The van der Waals surface area contributed by atoms with Crippen LogP contribution in [0.2, 0.25) is 0 Å². The SMILES string of the molecule is CN=C(NCCCOC)NCc1ccc(Br)s1. The summed E-state index contributed by atoms with van der Waals surface area (Å²) >= 11 is 5.17. The molecule has 0 fully saturated rings. The van der Waals surface area contributed by atoms with E-state index in [2.05, 4.69) is 43.7 Å². The first-order valence-corrected chi connectivity index (χ1v) is 7.05. The van der Waals surface area contributed by atoms with Crippen molar-refractivity contribution in [1.82, 2.24) is 10.6 Å². The number of ether oxygens (including phenoxy) is 1. The third-order valence-corrected chi connectivity index (χ3v) is 3.72. The number of thiophene rings is 1. The quantitative estimate of drug-likeness (QED) is 0.480. The molecule has 0 saturated heterocycles. The maximum Gasteiger partial charge on any atom is 0.191 e. The van der Waals surface area contributed by atoms with Crippen LogP contribution in [0, 0.1) is 0 Å². The maximum atomic E-state index is 4.99. The Hall–Kier alpha value is -0.590. The van der Waals surface area contributed by atoms with Crippen LogP contribution in [0.25, 0.3) is 0 Å². The number of halogens is 1. The summed E-state index contributed by atoms with van der Waals surface area (Å²) < 4.78 is 6.14. The average Bonchev–Trinajstić information content (AvgIpc) is 2.74. The van der Waals surface area contributed by atoms with E-state index in [-0.39, 0.29) is 0 Å². The van der Waals surface area contributed by atoms with Gasteiger partial charge in [0.25, 0.3) is 0 Å². The highest BCUT2D eigenvalue weighted by Crippen LogP contribution is 2.21. The van der Waals surface area contributed by atoms with Crippen LogP contribution in [0.15, 0.2) is 20.9 Å². The second-order valence-electron chi connectivity index (χ2n) is 3.40. The molecule has 96 valence electrons. The Morgan fingerprint density at radius 2 is 2.29 bits per heavy atom. The molecule has 2 N–H and O–H groups in total. The number of guanidine groups is 1. The Kier molecular flexibility index (Phi) is 7.23. The molecule has 0 atom stereocenters. The lowest BCUT2D eigenvalue weighted by Gasteiger charge is -2.10. The number of aliphatic imine (C=N–C) groups is 1. The number of hydrogen-bond donors (Lipinski definition) is 2. The minimum Gasteiger partial charge on any atom is -0.385 e. The highest BCUT2D eigenvalue weighted by molar-refractivity contribution is 9.11. The van der Waals surface area contributed by atoms with Crippen molar-refractivity contribution in [2.75, 3.05) is 27.3 Å². The number of methoxy groups -OCH3 is 1. The fraction of sp³-hybridized carbons (Fsp3) is 0.545. The van der Waals surface area contributed by atoms with Gasteiger partial charge in [-0.2, -0.15) is 0 Å². The Morgan fingerprint density at radius 3 is 2.88 bits per heavy atom. The van der Waals surface area contributed by atoms with E-state index in [9.17, 15) is 0 Å². The van der Waals surface area contributed by atoms with Crippen LogP contribution in [-0.2, 0) is 11.3 Å². The van der Waals surface area contributed by atoms with Crippen LogP contribution in [0.4, 0.5) is 0 Å². The van der Waals surface area contributed by atoms with Gasteiger partial charge in [-0.1, -0.05) is 0 Å². The lowest BCUT2D eigenvalue weighted by Crippen LogP contribution is -2.37. The van der Waals surface area contributed by atoms with Gasteiger partial charge >= 0.3 is 0 Å². The average molecular weight is 320 g/mol. The third kappa shape index (κ3) is 6.05. The van der Waals surface area contributed by atoms with Crippen LogP contribution in [-0.4, -0.2) is 33.3 Å². The molecule has 0 amide bonds. The van der Waals surface area contributed by atoms with Crippen LogP contribution >= 0.6 is 27.3 Å². The molecule has 4 nitrogen and oxygen atoms in total. The third-order valence-electron chi connectivity index (χ3n) is 2.10. The summed E-state index contributed by atoms with van der Waals surface area (Å²) in [7, 11) is 3.48. The van der Waals surface area contributed by atoms with Crippen LogP contribution < -0.4 is 10.6 Å². The molecule has 0 aliphatic carbocycles. The van der Waals surface area contributed by atoms with Crippen molar-refractivity contribution in [2.45, 2.75) is 13.0 Å². The van der Waals surface area contributed by atoms with Gasteiger partial charge in [0.1, 0.15) is 0 Å². The standard InChI is InChI=1S/C11H18BrN3OS/c1-13-11(14-6-3-7-16-2)15-8-9-4-5-10(12)17-9/h4-5H,3,6-8H2,1-2H3,(H2,13,14,15). The van der Waals surface area contributed by atoms with E-state index in [0.717, 1.165) is 35.9 Å². The van der Waals surface area contributed by atoms with E-state index < -0.39 is 0 Å². The van der Waals surface area contributed by atoms with Crippen molar-refractivity contribution >= 4 is 33.2 Å². The molecule has 0 unspecified atom stereocenters. The summed E-state index contributed by atoms with van der Waals surface area (Å²) in [6.07, 6.45) is 0.974. The van der Waals surface area contributed by atoms with Crippen LogP contribution in [0.5, 0.6) is 0 Å². The molecule has 1 aromatic rings. The Balaban J connectivity index is 2.23. The first-order chi connectivity index (χ1) is 8.26. The fourth-order valence-corrected chi connectivity index (χ4v) is 2.68. The molecule has 0 aliphatic heterocycles. The summed E-state index contributed by atoms with van der Waals surface area (Å²) in [6.45, 7) is 2.42. The molecule has 1 aromatic heterocycles. The molecule has 0 aliphatic rings. The van der Waals surface area contributed by atoms with E-state index in [1.807, 2.05) is 0 Å². The normalized spacial score (nSPS) is 11.6. The molecule has 0 spiro atoms. The number of rotatable bonds is 6. The molecule has 0 radical (unpaired) electrons. The smallest absolute Gasteiger partial charge is 0.191 e. The van der Waals surface area contributed by atoms with Gasteiger partial charge in [-0.05, 0) is 34.5 Å². The molecule has 0 saturated carbocycles. The minimum absolute atomic E-state index is 0.766. The van der Waals surface area contributed by atoms with Crippen molar-refractivity contribution in [2.24, 2.45) is 4.99 Å². The monoisotopic (exact) mass is 319 g/mol. The van der Waals surface area contributed by atoms with Gasteiger partial charge in [0.2, 0.25) is 0 Å². The van der Waals surface area contributed by atoms with Gasteiger partial charge in [-0.15, -0.1) is 11.3 Å². The zero-order valence-corrected chi connectivity index (χ0v) is 12.5. The molecule has 0 aromatic carbocycles. The fourth-order valence-electron chi connectivity index (χ4n) is 1.26. The maximum absolute atomic E-state index is 4.99. The van der Waals surface area contributed by atoms with Crippen molar-refractivity contribution in [1.29, 1.82) is 0 Å². The molecule has 0 bridgehead atoms. The summed E-state index contributed by atoms with van der Waals surface area (Å²) in [5.74, 6) is 0.825. The predicted molar refractivity (Wildman–Crippen MR) is 76.7 cm³/mol. The second-order valence-corrected chi connectivity index (χ2v) is 5.95. The van der Waals surface area contributed by atoms with Gasteiger partial charge in [0.05, 0.1) is 10.3 Å². The number of hydrogen-bond acceptors (Lipinski definition) is 3. The molecule has 17 heavy (non-hydrogen) atoms.